The summed E-state index contributed by atoms with van der Waals surface area (Å²) in [5.74, 6) is 0.0453. The van der Waals surface area contributed by atoms with Gasteiger partial charge in [-0.25, -0.2) is 0 Å². The van der Waals surface area contributed by atoms with E-state index in [1.807, 2.05) is 30.3 Å². The predicted molar refractivity (Wildman–Crippen MR) is 77.4 cm³/mol. The van der Waals surface area contributed by atoms with Crippen LogP contribution in [0.25, 0.3) is 5.69 Å². The van der Waals surface area contributed by atoms with Crippen molar-refractivity contribution in [2.45, 2.75) is 6.04 Å². The number of benzene rings is 1. The third-order valence-corrected chi connectivity index (χ3v) is 3.09. The summed E-state index contributed by atoms with van der Waals surface area (Å²) in [6.45, 7) is -0.272. The summed E-state index contributed by atoms with van der Waals surface area (Å²) in [7, 11) is 0. The van der Waals surface area contributed by atoms with Crippen LogP contribution in [0.15, 0.2) is 59.3 Å². The molecule has 22 heavy (non-hydrogen) atoms. The smallest absolute Gasteiger partial charge is 0.274 e. The van der Waals surface area contributed by atoms with Crippen molar-refractivity contribution in [1.82, 2.24) is 20.3 Å². The summed E-state index contributed by atoms with van der Waals surface area (Å²) in [5.41, 5.74) is 0.917. The molecule has 0 fully saturated rings. The molecule has 3 aromatic rings. The van der Waals surface area contributed by atoms with E-state index < -0.39 is 11.9 Å². The average Bonchev–Trinajstić information content (AvgIpc) is 3.24. The van der Waals surface area contributed by atoms with Gasteiger partial charge in [-0.2, -0.15) is 9.90 Å². The molecule has 7 nitrogen and oxygen atoms in total. The van der Waals surface area contributed by atoms with Gasteiger partial charge >= 0.3 is 0 Å². The van der Waals surface area contributed by atoms with E-state index in [1.165, 1.54) is 17.3 Å². The standard InChI is InChI=1S/C15H14N4O3/c20-10-13(14-7-4-8-22-14)17-15(21)12-9-16-19(18-12)11-5-2-1-3-6-11/h1-9,13,20H,10H2,(H,17,21). The Bertz CT molecular complexity index is 737. The van der Waals surface area contributed by atoms with Crippen molar-refractivity contribution >= 4 is 5.91 Å². The molecule has 2 aromatic heterocycles. The van der Waals surface area contributed by atoms with Gasteiger partial charge in [0, 0.05) is 0 Å². The lowest BCUT2D eigenvalue weighted by Crippen LogP contribution is -2.30. The molecule has 0 saturated carbocycles. The molecule has 0 spiro atoms. The Hall–Kier alpha value is -2.93. The molecule has 0 radical (unpaired) electrons. The molecular weight excluding hydrogens is 284 g/mol. The third-order valence-electron chi connectivity index (χ3n) is 3.09. The summed E-state index contributed by atoms with van der Waals surface area (Å²) in [6.07, 6.45) is 2.86. The molecule has 112 valence electrons. The van der Waals surface area contributed by atoms with E-state index in [0.717, 1.165) is 5.69 Å². The molecule has 2 heterocycles. The van der Waals surface area contributed by atoms with Crippen LogP contribution < -0.4 is 5.32 Å². The van der Waals surface area contributed by atoms with Gasteiger partial charge in [0.1, 0.15) is 11.8 Å². The monoisotopic (exact) mass is 298 g/mol. The van der Waals surface area contributed by atoms with Crippen LogP contribution in [0.1, 0.15) is 22.3 Å². The van der Waals surface area contributed by atoms with E-state index in [0.29, 0.717) is 5.76 Å². The largest absolute Gasteiger partial charge is 0.467 e. The van der Waals surface area contributed by atoms with Gasteiger partial charge in [-0.05, 0) is 24.3 Å². The Morgan fingerprint density at radius 1 is 1.27 bits per heavy atom. The molecule has 0 aliphatic rings. The van der Waals surface area contributed by atoms with Gasteiger partial charge in [-0.1, -0.05) is 18.2 Å². The first-order chi connectivity index (χ1) is 10.8. The molecule has 0 saturated heterocycles. The van der Waals surface area contributed by atoms with E-state index in [2.05, 4.69) is 15.5 Å². The maximum Gasteiger partial charge on any atom is 0.274 e. The van der Waals surface area contributed by atoms with Crippen molar-refractivity contribution in [3.05, 3.63) is 66.4 Å². The first-order valence-electron chi connectivity index (χ1n) is 6.71. The number of furan rings is 1. The van der Waals surface area contributed by atoms with Crippen LogP contribution in [0.4, 0.5) is 0 Å². The van der Waals surface area contributed by atoms with Gasteiger partial charge in [0.15, 0.2) is 5.69 Å². The van der Waals surface area contributed by atoms with Crippen LogP contribution >= 0.6 is 0 Å². The molecule has 2 N–H and O–H groups in total. The Morgan fingerprint density at radius 2 is 2.09 bits per heavy atom. The number of aliphatic hydroxyl groups is 1. The van der Waals surface area contributed by atoms with Gasteiger partial charge in [0.25, 0.3) is 5.91 Å². The fourth-order valence-electron chi connectivity index (χ4n) is 1.98. The Balaban J connectivity index is 1.74. The number of para-hydroxylation sites is 1. The highest BCUT2D eigenvalue weighted by Gasteiger charge is 2.19. The number of hydrogen-bond acceptors (Lipinski definition) is 5. The molecule has 7 heteroatoms. The summed E-state index contributed by atoms with van der Waals surface area (Å²) in [5, 5.41) is 20.2. The predicted octanol–water partition coefficient (Wildman–Crippen LogP) is 1.32. The third kappa shape index (κ3) is 2.89. The SMILES string of the molecule is O=C(NC(CO)c1ccco1)c1cnn(-c2ccccc2)n1. The number of aliphatic hydroxyl groups excluding tert-OH is 1. The minimum atomic E-state index is -0.621. The zero-order chi connectivity index (χ0) is 15.4. The normalized spacial score (nSPS) is 12.0. The zero-order valence-electron chi connectivity index (χ0n) is 11.6. The van der Waals surface area contributed by atoms with E-state index in [4.69, 9.17) is 4.42 Å². The second-order valence-electron chi connectivity index (χ2n) is 4.58. The summed E-state index contributed by atoms with van der Waals surface area (Å²) in [6, 6.07) is 12.0. The lowest BCUT2D eigenvalue weighted by molar-refractivity contribution is 0.0902. The topological polar surface area (TPSA) is 93.2 Å². The van der Waals surface area contributed by atoms with E-state index in [1.54, 1.807) is 12.1 Å². The van der Waals surface area contributed by atoms with Crippen molar-refractivity contribution in [2.24, 2.45) is 0 Å². The maximum atomic E-state index is 12.2. The molecule has 0 aliphatic carbocycles. The van der Waals surface area contributed by atoms with E-state index in [-0.39, 0.29) is 12.3 Å². The number of nitrogens with one attached hydrogen (secondary N) is 1. The van der Waals surface area contributed by atoms with Gasteiger partial charge in [-0.15, -0.1) is 5.10 Å². The molecule has 1 amide bonds. The lowest BCUT2D eigenvalue weighted by Gasteiger charge is -2.12. The number of nitrogens with zero attached hydrogens (tertiary/aromatic N) is 3. The van der Waals surface area contributed by atoms with Crippen LogP contribution in [0.3, 0.4) is 0 Å². The Kier molecular flexibility index (Phi) is 3.97. The summed E-state index contributed by atoms with van der Waals surface area (Å²) >= 11 is 0. The van der Waals surface area contributed by atoms with Crippen LogP contribution in [0.2, 0.25) is 0 Å². The minimum absolute atomic E-state index is 0.161. The molecule has 1 unspecified atom stereocenters. The van der Waals surface area contributed by atoms with Crippen molar-refractivity contribution < 1.29 is 14.3 Å². The Morgan fingerprint density at radius 3 is 2.77 bits per heavy atom. The highest BCUT2D eigenvalue weighted by atomic mass is 16.3. The molecule has 0 aliphatic heterocycles. The molecule has 3 rings (SSSR count). The second-order valence-corrected chi connectivity index (χ2v) is 4.58. The molecule has 1 atom stereocenters. The molecule has 0 bridgehead atoms. The van der Waals surface area contributed by atoms with Crippen molar-refractivity contribution in [2.75, 3.05) is 6.61 Å². The van der Waals surface area contributed by atoms with Crippen LogP contribution in [-0.2, 0) is 0 Å². The summed E-state index contributed by atoms with van der Waals surface area (Å²) < 4.78 is 5.18. The van der Waals surface area contributed by atoms with Crippen molar-refractivity contribution in [1.29, 1.82) is 0 Å². The minimum Gasteiger partial charge on any atom is -0.467 e. The van der Waals surface area contributed by atoms with Gasteiger partial charge in [0.2, 0.25) is 0 Å². The fourth-order valence-corrected chi connectivity index (χ4v) is 1.98. The van der Waals surface area contributed by atoms with Crippen LogP contribution in [-0.4, -0.2) is 32.6 Å². The average molecular weight is 298 g/mol. The fraction of sp³-hybridized carbons (Fsp3) is 0.133. The lowest BCUT2D eigenvalue weighted by atomic mass is 10.2. The van der Waals surface area contributed by atoms with E-state index >= 15 is 0 Å². The number of hydrogen-bond donors (Lipinski definition) is 2. The van der Waals surface area contributed by atoms with Gasteiger partial charge in [-0.3, -0.25) is 4.79 Å². The number of rotatable bonds is 5. The number of amides is 1. The van der Waals surface area contributed by atoms with Crippen LogP contribution in [0.5, 0.6) is 0 Å². The van der Waals surface area contributed by atoms with Crippen molar-refractivity contribution in [3.63, 3.8) is 0 Å². The maximum absolute atomic E-state index is 12.2. The molecule has 1 aromatic carbocycles. The number of aromatic nitrogens is 3. The summed E-state index contributed by atoms with van der Waals surface area (Å²) in [4.78, 5) is 13.5. The van der Waals surface area contributed by atoms with Crippen LogP contribution in [0, 0.1) is 0 Å². The molecular formula is C15H14N4O3. The second kappa shape index (κ2) is 6.23. The van der Waals surface area contributed by atoms with E-state index in [9.17, 15) is 9.90 Å². The zero-order valence-corrected chi connectivity index (χ0v) is 11.6. The first-order valence-corrected chi connectivity index (χ1v) is 6.71. The van der Waals surface area contributed by atoms with Gasteiger partial charge < -0.3 is 14.8 Å². The van der Waals surface area contributed by atoms with Gasteiger partial charge in [0.05, 0.1) is 24.8 Å². The highest BCUT2D eigenvalue weighted by molar-refractivity contribution is 5.92. The number of carbonyl (C=O) groups excluding carboxylic acids is 1. The van der Waals surface area contributed by atoms with Crippen molar-refractivity contribution in [3.8, 4) is 5.69 Å². The highest BCUT2D eigenvalue weighted by Crippen LogP contribution is 2.13. The Labute approximate surface area is 126 Å². The quantitative estimate of drug-likeness (QED) is 0.741. The first kappa shape index (κ1) is 14.0. The number of carbonyl (C=O) groups is 1.